The van der Waals surface area contributed by atoms with Crippen LogP contribution in [0.5, 0.6) is 5.75 Å². The molecule has 8 heteroatoms. The minimum absolute atomic E-state index is 0.258. The van der Waals surface area contributed by atoms with Gasteiger partial charge in [-0.05, 0) is 31.2 Å². The first-order chi connectivity index (χ1) is 13.6. The second-order valence-electron chi connectivity index (χ2n) is 6.05. The SMILES string of the molecule is COc1cccc(-n2nc(C)c3c(Cl)c(C(=O)Nc4ccccn4)cnc32)c1. The molecule has 0 aliphatic rings. The average molecular weight is 394 g/mol. The van der Waals surface area contributed by atoms with Gasteiger partial charge in [0.2, 0.25) is 0 Å². The lowest BCUT2D eigenvalue weighted by molar-refractivity contribution is 0.102. The van der Waals surface area contributed by atoms with Crippen molar-refractivity contribution in [2.75, 3.05) is 12.4 Å². The lowest BCUT2D eigenvalue weighted by atomic mass is 10.2. The number of hydrogen-bond donors (Lipinski definition) is 1. The number of carbonyl (C=O) groups is 1. The van der Waals surface area contributed by atoms with Gasteiger partial charge in [-0.2, -0.15) is 5.10 Å². The van der Waals surface area contributed by atoms with E-state index in [1.165, 1.54) is 6.20 Å². The topological polar surface area (TPSA) is 81.9 Å². The van der Waals surface area contributed by atoms with E-state index in [1.807, 2.05) is 31.2 Å². The molecule has 0 bridgehead atoms. The van der Waals surface area contributed by atoms with Crippen molar-refractivity contribution < 1.29 is 9.53 Å². The number of pyridine rings is 2. The van der Waals surface area contributed by atoms with Crippen LogP contribution in [0, 0.1) is 6.92 Å². The number of ether oxygens (including phenoxy) is 1. The van der Waals surface area contributed by atoms with Crippen LogP contribution in [0.2, 0.25) is 5.02 Å². The van der Waals surface area contributed by atoms with Gasteiger partial charge in [0.1, 0.15) is 11.6 Å². The van der Waals surface area contributed by atoms with E-state index >= 15 is 0 Å². The molecule has 1 aromatic carbocycles. The molecule has 3 heterocycles. The van der Waals surface area contributed by atoms with Crippen LogP contribution in [0.15, 0.2) is 54.9 Å². The molecular weight excluding hydrogens is 378 g/mol. The van der Waals surface area contributed by atoms with Crippen LogP contribution < -0.4 is 10.1 Å². The Morgan fingerprint density at radius 1 is 1.18 bits per heavy atom. The Morgan fingerprint density at radius 2 is 2.04 bits per heavy atom. The normalized spacial score (nSPS) is 10.8. The quantitative estimate of drug-likeness (QED) is 0.566. The third-order valence-electron chi connectivity index (χ3n) is 4.26. The van der Waals surface area contributed by atoms with E-state index in [4.69, 9.17) is 16.3 Å². The Kier molecular flexibility index (Phi) is 4.67. The molecule has 0 aliphatic carbocycles. The average Bonchev–Trinajstić information content (AvgIpc) is 3.06. The van der Waals surface area contributed by atoms with Gasteiger partial charge in [0.15, 0.2) is 5.65 Å². The molecule has 4 rings (SSSR count). The van der Waals surface area contributed by atoms with Crippen LogP contribution >= 0.6 is 11.6 Å². The number of carbonyl (C=O) groups excluding carboxylic acids is 1. The van der Waals surface area contributed by atoms with E-state index in [1.54, 1.807) is 36.2 Å². The second kappa shape index (κ2) is 7.28. The number of amides is 1. The van der Waals surface area contributed by atoms with Gasteiger partial charge < -0.3 is 10.1 Å². The van der Waals surface area contributed by atoms with E-state index in [0.717, 1.165) is 5.69 Å². The van der Waals surface area contributed by atoms with E-state index in [-0.39, 0.29) is 11.5 Å². The van der Waals surface area contributed by atoms with E-state index in [9.17, 15) is 4.79 Å². The Hall–Kier alpha value is -3.45. The van der Waals surface area contributed by atoms with Gasteiger partial charge in [-0.25, -0.2) is 14.6 Å². The monoisotopic (exact) mass is 393 g/mol. The number of anilines is 1. The smallest absolute Gasteiger partial charge is 0.259 e. The molecule has 4 aromatic rings. The summed E-state index contributed by atoms with van der Waals surface area (Å²) >= 11 is 6.57. The fourth-order valence-corrected chi connectivity index (χ4v) is 3.27. The molecule has 0 aliphatic heterocycles. The maximum absolute atomic E-state index is 12.6. The number of hydrogen-bond acceptors (Lipinski definition) is 5. The summed E-state index contributed by atoms with van der Waals surface area (Å²) in [4.78, 5) is 21.2. The number of halogens is 1. The third kappa shape index (κ3) is 3.16. The Labute approximate surface area is 165 Å². The fraction of sp³-hybridized carbons (Fsp3) is 0.100. The van der Waals surface area contributed by atoms with Crippen LogP contribution in [0.3, 0.4) is 0 Å². The standard InChI is InChI=1S/C20H16ClN5O2/c1-12-17-18(21)15(20(27)24-16-8-3-4-9-22-16)11-23-19(17)26(25-12)13-6-5-7-14(10-13)28-2/h3-11H,1-2H3,(H,22,24,27). The van der Waals surface area contributed by atoms with Crippen LogP contribution in [0.4, 0.5) is 5.82 Å². The molecule has 0 fully saturated rings. The maximum atomic E-state index is 12.6. The molecule has 0 spiro atoms. The summed E-state index contributed by atoms with van der Waals surface area (Å²) in [5.74, 6) is 0.760. The largest absolute Gasteiger partial charge is 0.497 e. The highest BCUT2D eigenvalue weighted by Gasteiger charge is 2.20. The number of methoxy groups -OCH3 is 1. The molecule has 1 amide bonds. The summed E-state index contributed by atoms with van der Waals surface area (Å²) in [5, 5.41) is 8.19. The molecule has 0 atom stereocenters. The number of nitrogens with zero attached hydrogens (tertiary/aromatic N) is 4. The summed E-state index contributed by atoms with van der Waals surface area (Å²) < 4.78 is 6.96. The highest BCUT2D eigenvalue weighted by atomic mass is 35.5. The highest BCUT2D eigenvalue weighted by molar-refractivity contribution is 6.39. The molecule has 7 nitrogen and oxygen atoms in total. The molecule has 0 saturated carbocycles. The van der Waals surface area contributed by atoms with Crippen molar-refractivity contribution in [3.63, 3.8) is 0 Å². The molecule has 0 saturated heterocycles. The summed E-state index contributed by atoms with van der Waals surface area (Å²) in [6.45, 7) is 1.83. The number of benzene rings is 1. The summed E-state index contributed by atoms with van der Waals surface area (Å²) in [6, 6.07) is 12.7. The predicted octanol–water partition coefficient (Wildman–Crippen LogP) is 4.04. The van der Waals surface area contributed by atoms with Crippen molar-refractivity contribution in [3.05, 3.63) is 71.1 Å². The van der Waals surface area contributed by atoms with Crippen LogP contribution in [-0.4, -0.2) is 32.8 Å². The number of fused-ring (bicyclic) bond motifs is 1. The van der Waals surface area contributed by atoms with Gasteiger partial charge in [-0.15, -0.1) is 0 Å². The minimum atomic E-state index is -0.383. The zero-order valence-corrected chi connectivity index (χ0v) is 15.9. The first kappa shape index (κ1) is 17.9. The number of rotatable bonds is 4. The molecule has 28 heavy (non-hydrogen) atoms. The van der Waals surface area contributed by atoms with E-state index < -0.39 is 0 Å². The zero-order valence-electron chi connectivity index (χ0n) is 15.2. The van der Waals surface area contributed by atoms with Gasteiger partial charge in [-0.1, -0.05) is 23.7 Å². The van der Waals surface area contributed by atoms with E-state index in [0.29, 0.717) is 33.3 Å². The third-order valence-corrected chi connectivity index (χ3v) is 4.65. The summed E-state index contributed by atoms with van der Waals surface area (Å²) in [5.41, 5.74) is 2.27. The predicted molar refractivity (Wildman–Crippen MR) is 107 cm³/mol. The van der Waals surface area contributed by atoms with E-state index in [2.05, 4.69) is 20.4 Å². The summed E-state index contributed by atoms with van der Waals surface area (Å²) in [7, 11) is 1.60. The number of nitrogens with one attached hydrogen (secondary N) is 1. The molecular formula is C20H16ClN5O2. The van der Waals surface area contributed by atoms with Crippen LogP contribution in [-0.2, 0) is 0 Å². The fourth-order valence-electron chi connectivity index (χ4n) is 2.91. The number of aryl methyl sites for hydroxylation is 1. The first-order valence-electron chi connectivity index (χ1n) is 8.49. The highest BCUT2D eigenvalue weighted by Crippen LogP contribution is 2.31. The van der Waals surface area contributed by atoms with Crippen molar-refractivity contribution >= 4 is 34.4 Å². The van der Waals surface area contributed by atoms with Crippen LogP contribution in [0.1, 0.15) is 16.1 Å². The van der Waals surface area contributed by atoms with Crippen molar-refractivity contribution in [1.82, 2.24) is 19.7 Å². The van der Waals surface area contributed by atoms with Gasteiger partial charge in [0.25, 0.3) is 5.91 Å². The Morgan fingerprint density at radius 3 is 2.79 bits per heavy atom. The lowest BCUT2D eigenvalue weighted by Crippen LogP contribution is -2.14. The Bertz CT molecular complexity index is 1170. The van der Waals surface area contributed by atoms with Crippen molar-refractivity contribution in [2.45, 2.75) is 6.92 Å². The zero-order chi connectivity index (χ0) is 19.7. The minimum Gasteiger partial charge on any atom is -0.497 e. The first-order valence-corrected chi connectivity index (χ1v) is 8.87. The molecule has 3 aromatic heterocycles. The molecule has 0 radical (unpaired) electrons. The van der Waals surface area contributed by atoms with Gasteiger partial charge in [-0.3, -0.25) is 4.79 Å². The van der Waals surface area contributed by atoms with Gasteiger partial charge in [0.05, 0.1) is 34.5 Å². The van der Waals surface area contributed by atoms with Crippen LogP contribution in [0.25, 0.3) is 16.7 Å². The molecule has 1 N–H and O–H groups in total. The van der Waals surface area contributed by atoms with Crippen molar-refractivity contribution in [2.24, 2.45) is 0 Å². The molecule has 140 valence electrons. The van der Waals surface area contributed by atoms with Crippen molar-refractivity contribution in [3.8, 4) is 11.4 Å². The second-order valence-corrected chi connectivity index (χ2v) is 6.43. The van der Waals surface area contributed by atoms with Crippen molar-refractivity contribution in [1.29, 1.82) is 0 Å². The lowest BCUT2D eigenvalue weighted by Gasteiger charge is -2.08. The number of aromatic nitrogens is 4. The summed E-state index contributed by atoms with van der Waals surface area (Å²) in [6.07, 6.45) is 3.04. The molecule has 0 unspecified atom stereocenters. The van der Waals surface area contributed by atoms with Gasteiger partial charge in [0, 0.05) is 18.5 Å². The van der Waals surface area contributed by atoms with Gasteiger partial charge >= 0.3 is 0 Å². The maximum Gasteiger partial charge on any atom is 0.259 e. The Balaban J connectivity index is 1.78.